The molecule has 0 unspecified atom stereocenters. The van der Waals surface area contributed by atoms with E-state index in [0.29, 0.717) is 12.8 Å². The Morgan fingerprint density at radius 1 is 1.67 bits per heavy atom. The van der Waals surface area contributed by atoms with E-state index in [1.165, 1.54) is 0 Å². The summed E-state index contributed by atoms with van der Waals surface area (Å²) in [6, 6.07) is 0. The SMILES string of the molecule is [N-]=[N+]=C1CCC12CC(C(=O)O)C2. The highest BCUT2D eigenvalue weighted by atomic mass is 16.4. The van der Waals surface area contributed by atoms with Gasteiger partial charge in [-0.2, -0.15) is 4.79 Å². The highest BCUT2D eigenvalue weighted by Crippen LogP contribution is 2.56. The summed E-state index contributed by atoms with van der Waals surface area (Å²) < 4.78 is 0. The molecule has 0 aliphatic heterocycles. The fourth-order valence-corrected chi connectivity index (χ4v) is 2.24. The molecule has 0 atom stereocenters. The van der Waals surface area contributed by atoms with Gasteiger partial charge in [-0.25, -0.2) is 0 Å². The predicted molar refractivity (Wildman–Crippen MR) is 40.7 cm³/mol. The van der Waals surface area contributed by atoms with Crippen molar-refractivity contribution in [1.82, 2.24) is 0 Å². The first-order valence-corrected chi connectivity index (χ1v) is 4.12. The van der Waals surface area contributed by atoms with Gasteiger partial charge in [0.25, 0.3) is 5.71 Å². The molecule has 2 aliphatic carbocycles. The lowest BCUT2D eigenvalue weighted by molar-refractivity contribution is -0.150. The number of carbonyl (C=O) groups is 1. The van der Waals surface area contributed by atoms with Crippen LogP contribution >= 0.6 is 0 Å². The minimum atomic E-state index is -0.718. The molecule has 0 aromatic rings. The van der Waals surface area contributed by atoms with Crippen molar-refractivity contribution in [3.05, 3.63) is 5.53 Å². The van der Waals surface area contributed by atoms with Crippen molar-refractivity contribution in [2.45, 2.75) is 25.7 Å². The molecule has 4 heteroatoms. The Hall–Kier alpha value is -1.15. The molecule has 0 aromatic carbocycles. The fraction of sp³-hybridized carbons (Fsp3) is 0.750. The monoisotopic (exact) mass is 166 g/mol. The molecule has 0 bridgehead atoms. The average Bonchev–Trinajstić information content (AvgIpc) is 1.81. The quantitative estimate of drug-likeness (QED) is 0.465. The van der Waals surface area contributed by atoms with Crippen molar-refractivity contribution in [2.24, 2.45) is 11.3 Å². The van der Waals surface area contributed by atoms with E-state index in [1.54, 1.807) is 0 Å². The maximum Gasteiger partial charge on any atom is 0.306 e. The van der Waals surface area contributed by atoms with E-state index in [1.807, 2.05) is 0 Å². The lowest BCUT2D eigenvalue weighted by atomic mass is 9.50. The molecule has 1 N–H and O–H groups in total. The van der Waals surface area contributed by atoms with Gasteiger partial charge < -0.3 is 10.6 Å². The van der Waals surface area contributed by atoms with E-state index >= 15 is 0 Å². The van der Waals surface area contributed by atoms with Crippen LogP contribution < -0.4 is 0 Å². The summed E-state index contributed by atoms with van der Waals surface area (Å²) in [6.45, 7) is 0. The third-order valence-corrected chi connectivity index (χ3v) is 3.20. The second kappa shape index (κ2) is 2.17. The molecular weight excluding hydrogens is 156 g/mol. The van der Waals surface area contributed by atoms with Crippen LogP contribution in [0.2, 0.25) is 0 Å². The van der Waals surface area contributed by atoms with Gasteiger partial charge in [-0.1, -0.05) is 0 Å². The van der Waals surface area contributed by atoms with Crippen molar-refractivity contribution < 1.29 is 14.7 Å². The summed E-state index contributed by atoms with van der Waals surface area (Å²) in [5, 5.41) is 8.64. The zero-order valence-electron chi connectivity index (χ0n) is 6.66. The first-order chi connectivity index (χ1) is 5.68. The lowest BCUT2D eigenvalue weighted by Crippen LogP contribution is -2.53. The number of aliphatic carboxylic acids is 1. The summed E-state index contributed by atoms with van der Waals surface area (Å²) in [6.07, 6.45) is 3.17. The normalized spacial score (nSPS) is 38.3. The van der Waals surface area contributed by atoms with Gasteiger partial charge in [-0.05, 0) is 19.3 Å². The Balaban J connectivity index is 2.04. The Morgan fingerprint density at radius 2 is 2.33 bits per heavy atom. The van der Waals surface area contributed by atoms with Crippen LogP contribution in [0.25, 0.3) is 5.53 Å². The van der Waals surface area contributed by atoms with Crippen molar-refractivity contribution in [3.8, 4) is 0 Å². The van der Waals surface area contributed by atoms with Crippen LogP contribution in [0.3, 0.4) is 0 Å². The third kappa shape index (κ3) is 0.756. The second-order valence-electron chi connectivity index (χ2n) is 3.77. The zero-order valence-corrected chi connectivity index (χ0v) is 6.66. The summed E-state index contributed by atoms with van der Waals surface area (Å²) >= 11 is 0. The standard InChI is InChI=1S/C8H10N2O2/c9-10-6-1-2-8(6)3-5(4-8)7(11)12/h5H,1-4H2,(H,11,12). The number of carboxylic acids is 1. The van der Waals surface area contributed by atoms with Gasteiger partial charge in [0.1, 0.15) is 0 Å². The largest absolute Gasteiger partial charge is 0.481 e. The smallest absolute Gasteiger partial charge is 0.306 e. The van der Waals surface area contributed by atoms with Crippen LogP contribution in [0.5, 0.6) is 0 Å². The van der Waals surface area contributed by atoms with Crippen LogP contribution in [0.4, 0.5) is 0 Å². The molecule has 0 radical (unpaired) electrons. The van der Waals surface area contributed by atoms with Crippen LogP contribution in [0.15, 0.2) is 0 Å². The van der Waals surface area contributed by atoms with Gasteiger partial charge in [0.15, 0.2) is 0 Å². The molecule has 0 heterocycles. The zero-order chi connectivity index (χ0) is 8.77. The summed E-state index contributed by atoms with van der Waals surface area (Å²) in [5.41, 5.74) is 9.34. The Morgan fingerprint density at radius 3 is 2.67 bits per heavy atom. The second-order valence-corrected chi connectivity index (χ2v) is 3.77. The van der Waals surface area contributed by atoms with Gasteiger partial charge in [0.05, 0.1) is 11.3 Å². The molecule has 0 aromatic heterocycles. The predicted octanol–water partition coefficient (Wildman–Crippen LogP) is 0.932. The number of carboxylic acid groups (broad SMARTS) is 1. The molecule has 0 saturated heterocycles. The summed E-state index contributed by atoms with van der Waals surface area (Å²) in [4.78, 5) is 13.7. The molecule has 12 heavy (non-hydrogen) atoms. The minimum absolute atomic E-state index is 0.0161. The van der Waals surface area contributed by atoms with Gasteiger partial charge in [-0.15, -0.1) is 0 Å². The highest BCUT2D eigenvalue weighted by molar-refractivity contribution is 5.93. The molecule has 1 spiro atoms. The van der Waals surface area contributed by atoms with Crippen molar-refractivity contribution in [2.75, 3.05) is 0 Å². The number of nitrogens with zero attached hydrogens (tertiary/aromatic N) is 2. The van der Waals surface area contributed by atoms with E-state index < -0.39 is 5.97 Å². The fourth-order valence-electron chi connectivity index (χ4n) is 2.24. The molecule has 4 nitrogen and oxygen atoms in total. The van der Waals surface area contributed by atoms with Gasteiger partial charge in [0, 0.05) is 6.42 Å². The van der Waals surface area contributed by atoms with Gasteiger partial charge in [0.2, 0.25) is 0 Å². The maximum atomic E-state index is 10.5. The minimum Gasteiger partial charge on any atom is -0.481 e. The molecule has 0 amide bonds. The molecule has 2 rings (SSSR count). The Bertz CT molecular complexity index is 285. The van der Waals surface area contributed by atoms with Crippen LogP contribution in [0, 0.1) is 11.3 Å². The van der Waals surface area contributed by atoms with E-state index in [4.69, 9.17) is 10.6 Å². The number of hydrogen-bond acceptors (Lipinski definition) is 1. The number of rotatable bonds is 1. The molecule has 2 aliphatic rings. The summed E-state index contributed by atoms with van der Waals surface area (Å²) in [7, 11) is 0. The van der Waals surface area contributed by atoms with Crippen LogP contribution in [-0.4, -0.2) is 21.6 Å². The average molecular weight is 166 g/mol. The van der Waals surface area contributed by atoms with Crippen LogP contribution in [-0.2, 0) is 4.79 Å². The highest BCUT2D eigenvalue weighted by Gasteiger charge is 2.60. The van der Waals surface area contributed by atoms with E-state index in [2.05, 4.69) is 4.79 Å². The topological polar surface area (TPSA) is 73.7 Å². The first kappa shape index (κ1) is 7.50. The molecule has 2 fully saturated rings. The third-order valence-electron chi connectivity index (χ3n) is 3.20. The lowest BCUT2D eigenvalue weighted by Gasteiger charge is -2.47. The summed E-state index contributed by atoms with van der Waals surface area (Å²) in [5.74, 6) is -0.924. The Kier molecular flexibility index (Phi) is 1.36. The molecule has 2 saturated carbocycles. The van der Waals surface area contributed by atoms with Crippen molar-refractivity contribution in [1.29, 1.82) is 0 Å². The van der Waals surface area contributed by atoms with Crippen LogP contribution in [0.1, 0.15) is 25.7 Å². The van der Waals surface area contributed by atoms with E-state index in [9.17, 15) is 4.79 Å². The molecular formula is C8H10N2O2. The molecule has 64 valence electrons. The van der Waals surface area contributed by atoms with E-state index in [0.717, 1.165) is 18.6 Å². The first-order valence-electron chi connectivity index (χ1n) is 4.12. The van der Waals surface area contributed by atoms with Crippen molar-refractivity contribution in [3.63, 3.8) is 0 Å². The maximum absolute atomic E-state index is 10.5. The number of hydrogen-bond donors (Lipinski definition) is 1. The Labute approximate surface area is 69.8 Å². The van der Waals surface area contributed by atoms with Gasteiger partial charge >= 0.3 is 5.97 Å². The van der Waals surface area contributed by atoms with Gasteiger partial charge in [-0.3, -0.25) is 4.79 Å². The van der Waals surface area contributed by atoms with E-state index in [-0.39, 0.29) is 11.3 Å². The van der Waals surface area contributed by atoms with Crippen molar-refractivity contribution >= 4 is 11.7 Å².